The summed E-state index contributed by atoms with van der Waals surface area (Å²) < 4.78 is 20.7. The highest BCUT2D eigenvalue weighted by Crippen LogP contribution is 2.46. The summed E-state index contributed by atoms with van der Waals surface area (Å²) >= 11 is 0. The Morgan fingerprint density at radius 3 is 2.79 bits per heavy atom. The van der Waals surface area contributed by atoms with Gasteiger partial charge in [0.05, 0.1) is 6.20 Å². The minimum atomic E-state index is -2.01. The van der Waals surface area contributed by atoms with Crippen LogP contribution in [0, 0.1) is 6.92 Å². The Labute approximate surface area is 197 Å². The SMILES string of the molecule is [B]C([B])(O)c1ccn2c(C(=O)Nc3cc(-c4noc(C5CC(C)(F)C5)n4)ccc3C)cnc2c1. The standard InChI is InChI=1S/C23H20B2FN5O3/c1-12-3-4-13(19-29-21(34-30-19)14-9-22(2,26)10-14)7-16(12)28-20(32)17-11-27-18-8-15(23(24,25)33)5-6-31(17)18/h3-8,11,14,33H,9-10H2,1-2H3,(H,28,32). The summed E-state index contributed by atoms with van der Waals surface area (Å²) in [6.45, 7) is 3.43. The van der Waals surface area contributed by atoms with Gasteiger partial charge in [0.1, 0.15) is 32.7 Å². The van der Waals surface area contributed by atoms with Gasteiger partial charge in [-0.05, 0) is 56.0 Å². The highest BCUT2D eigenvalue weighted by Gasteiger charge is 2.44. The van der Waals surface area contributed by atoms with Crippen molar-refractivity contribution >= 4 is 32.9 Å². The van der Waals surface area contributed by atoms with Crippen molar-refractivity contribution in [2.45, 2.75) is 43.7 Å². The van der Waals surface area contributed by atoms with E-state index in [2.05, 4.69) is 20.4 Å². The molecule has 3 heterocycles. The van der Waals surface area contributed by atoms with Gasteiger partial charge in [-0.1, -0.05) is 17.3 Å². The number of rotatable bonds is 5. The summed E-state index contributed by atoms with van der Waals surface area (Å²) in [6.07, 6.45) is 3.70. The van der Waals surface area contributed by atoms with Gasteiger partial charge in [-0.25, -0.2) is 9.37 Å². The van der Waals surface area contributed by atoms with Crippen LogP contribution in [0.2, 0.25) is 0 Å². The number of aliphatic hydroxyl groups is 1. The van der Waals surface area contributed by atoms with E-state index in [-0.39, 0.29) is 23.1 Å². The van der Waals surface area contributed by atoms with Crippen LogP contribution in [0.4, 0.5) is 10.1 Å². The average Bonchev–Trinajstić information content (AvgIpc) is 3.39. The molecule has 0 spiro atoms. The van der Waals surface area contributed by atoms with Gasteiger partial charge in [-0.2, -0.15) is 4.98 Å². The van der Waals surface area contributed by atoms with E-state index < -0.39 is 11.1 Å². The van der Waals surface area contributed by atoms with Gasteiger partial charge in [0.15, 0.2) is 0 Å². The number of nitrogens with zero attached hydrogens (tertiary/aromatic N) is 4. The predicted molar refractivity (Wildman–Crippen MR) is 125 cm³/mol. The quantitative estimate of drug-likeness (QED) is 0.449. The molecule has 4 radical (unpaired) electrons. The molecular weight excluding hydrogens is 435 g/mol. The van der Waals surface area contributed by atoms with Crippen LogP contribution in [-0.2, 0) is 5.40 Å². The lowest BCUT2D eigenvalue weighted by atomic mass is 9.62. The maximum Gasteiger partial charge on any atom is 0.274 e. The zero-order chi connectivity index (χ0) is 24.3. The van der Waals surface area contributed by atoms with Gasteiger partial charge in [-0.3, -0.25) is 9.20 Å². The van der Waals surface area contributed by atoms with Gasteiger partial charge >= 0.3 is 0 Å². The molecule has 1 fully saturated rings. The molecule has 4 aromatic rings. The number of hydrogen-bond acceptors (Lipinski definition) is 6. The number of halogens is 1. The van der Waals surface area contributed by atoms with Gasteiger partial charge in [0.25, 0.3) is 5.91 Å². The second-order valence-corrected chi connectivity index (χ2v) is 9.07. The molecule has 1 aliphatic carbocycles. The van der Waals surface area contributed by atoms with Crippen LogP contribution in [0.5, 0.6) is 0 Å². The first-order valence-corrected chi connectivity index (χ1v) is 10.7. The normalized spacial score (nSPS) is 20.3. The molecule has 1 amide bonds. The van der Waals surface area contributed by atoms with E-state index in [1.807, 2.05) is 19.1 Å². The largest absolute Gasteiger partial charge is 0.405 e. The molecule has 34 heavy (non-hydrogen) atoms. The Hall–Kier alpha value is -3.46. The predicted octanol–water partition coefficient (Wildman–Crippen LogP) is 2.99. The number of pyridine rings is 1. The Morgan fingerprint density at radius 1 is 1.32 bits per heavy atom. The van der Waals surface area contributed by atoms with Crippen LogP contribution < -0.4 is 5.32 Å². The summed E-state index contributed by atoms with van der Waals surface area (Å²) in [5, 5.41) is 14.7. The molecule has 1 saturated carbocycles. The first kappa shape index (κ1) is 22.3. The van der Waals surface area contributed by atoms with E-state index >= 15 is 0 Å². The van der Waals surface area contributed by atoms with Crippen molar-refractivity contribution in [3.8, 4) is 11.4 Å². The Bertz CT molecular complexity index is 1400. The minimum Gasteiger partial charge on any atom is -0.405 e. The molecule has 2 N–H and O–H groups in total. The van der Waals surface area contributed by atoms with Crippen LogP contribution in [-0.4, -0.2) is 51.9 Å². The molecule has 0 saturated heterocycles. The second kappa shape index (κ2) is 7.80. The smallest absolute Gasteiger partial charge is 0.274 e. The van der Waals surface area contributed by atoms with Gasteiger partial charge in [0.2, 0.25) is 11.7 Å². The first-order chi connectivity index (χ1) is 16.0. The summed E-state index contributed by atoms with van der Waals surface area (Å²) in [6, 6.07) is 8.44. The fourth-order valence-electron chi connectivity index (χ4n) is 4.14. The molecule has 11 heteroatoms. The monoisotopic (exact) mass is 455 g/mol. The lowest BCUT2D eigenvalue weighted by molar-refractivity contribution is 0.0481. The van der Waals surface area contributed by atoms with E-state index in [1.165, 1.54) is 18.3 Å². The highest BCUT2D eigenvalue weighted by atomic mass is 19.1. The first-order valence-electron chi connectivity index (χ1n) is 10.7. The summed E-state index contributed by atoms with van der Waals surface area (Å²) in [4.78, 5) is 21.6. The molecule has 0 aliphatic heterocycles. The van der Waals surface area contributed by atoms with E-state index in [0.717, 1.165) is 5.56 Å². The highest BCUT2D eigenvalue weighted by molar-refractivity contribution is 6.38. The number of aromatic nitrogens is 4. The number of carbonyl (C=O) groups is 1. The third-order valence-corrected chi connectivity index (χ3v) is 6.09. The third-order valence-electron chi connectivity index (χ3n) is 6.09. The number of amides is 1. The third kappa shape index (κ3) is 4.11. The fourth-order valence-corrected chi connectivity index (χ4v) is 4.14. The lowest BCUT2D eigenvalue weighted by Crippen LogP contribution is -2.35. The van der Waals surface area contributed by atoms with E-state index in [4.69, 9.17) is 20.2 Å². The Kier molecular flexibility index (Phi) is 5.12. The number of hydrogen-bond donors (Lipinski definition) is 2. The maximum atomic E-state index is 13.8. The van der Waals surface area contributed by atoms with Crippen molar-refractivity contribution in [2.75, 3.05) is 5.32 Å². The molecule has 5 rings (SSSR count). The molecule has 1 aliphatic rings. The molecule has 1 aromatic carbocycles. The number of carbonyl (C=O) groups excluding carboxylic acids is 1. The molecule has 0 bridgehead atoms. The number of anilines is 1. The lowest BCUT2D eigenvalue weighted by Gasteiger charge is -2.36. The average molecular weight is 455 g/mol. The van der Waals surface area contributed by atoms with Crippen molar-refractivity contribution in [2.24, 2.45) is 0 Å². The van der Waals surface area contributed by atoms with Gasteiger partial charge < -0.3 is 14.9 Å². The van der Waals surface area contributed by atoms with E-state index in [9.17, 15) is 14.3 Å². The summed E-state index contributed by atoms with van der Waals surface area (Å²) in [5.74, 6) is 0.326. The van der Waals surface area contributed by atoms with E-state index in [1.54, 1.807) is 23.6 Å². The zero-order valence-corrected chi connectivity index (χ0v) is 18.6. The fraction of sp³-hybridized carbons (Fsp3) is 0.304. The zero-order valence-electron chi connectivity index (χ0n) is 18.6. The van der Waals surface area contributed by atoms with Crippen molar-refractivity contribution in [3.63, 3.8) is 0 Å². The number of nitrogens with one attached hydrogen (secondary N) is 1. The number of imidazole rings is 1. The van der Waals surface area contributed by atoms with Gasteiger partial charge in [0, 0.05) is 28.8 Å². The maximum absolute atomic E-state index is 13.8. The number of aryl methyl sites for hydroxylation is 1. The molecule has 8 nitrogen and oxygen atoms in total. The Balaban J connectivity index is 1.38. The van der Waals surface area contributed by atoms with Crippen molar-refractivity contribution in [3.05, 3.63) is 65.4 Å². The summed E-state index contributed by atoms with van der Waals surface area (Å²) in [5.41, 5.74) is 1.83. The molecular formula is C23H20B2FN5O3. The molecule has 0 atom stereocenters. The number of fused-ring (bicyclic) bond motifs is 1. The van der Waals surface area contributed by atoms with Crippen LogP contribution in [0.15, 0.2) is 47.2 Å². The van der Waals surface area contributed by atoms with Gasteiger partial charge in [-0.15, -0.1) is 0 Å². The van der Waals surface area contributed by atoms with Crippen molar-refractivity contribution in [1.29, 1.82) is 0 Å². The van der Waals surface area contributed by atoms with Crippen LogP contribution in [0.25, 0.3) is 17.0 Å². The molecule has 168 valence electrons. The van der Waals surface area contributed by atoms with E-state index in [0.29, 0.717) is 41.5 Å². The summed E-state index contributed by atoms with van der Waals surface area (Å²) in [7, 11) is 11.0. The topological polar surface area (TPSA) is 106 Å². The Morgan fingerprint density at radius 2 is 2.09 bits per heavy atom. The van der Waals surface area contributed by atoms with Crippen LogP contribution in [0.1, 0.15) is 53.2 Å². The second-order valence-electron chi connectivity index (χ2n) is 9.07. The molecule has 3 aromatic heterocycles. The number of alkyl halides is 1. The van der Waals surface area contributed by atoms with Crippen molar-refractivity contribution < 1.29 is 18.8 Å². The van der Waals surface area contributed by atoms with Crippen LogP contribution >= 0.6 is 0 Å². The minimum absolute atomic E-state index is 0.0777. The number of benzene rings is 1. The molecule has 0 unspecified atom stereocenters. The van der Waals surface area contributed by atoms with Crippen molar-refractivity contribution in [1.82, 2.24) is 19.5 Å². The van der Waals surface area contributed by atoms with Crippen LogP contribution in [0.3, 0.4) is 0 Å².